The number of amides is 1. The fraction of sp³-hybridized carbons (Fsp3) is 0.400. The molecule has 0 radical (unpaired) electrons. The van der Waals surface area contributed by atoms with Gasteiger partial charge in [-0.15, -0.1) is 0 Å². The summed E-state index contributed by atoms with van der Waals surface area (Å²) in [7, 11) is -3.20. The van der Waals surface area contributed by atoms with Gasteiger partial charge in [0.05, 0.1) is 11.8 Å². The molecule has 1 aromatic heterocycles. The minimum absolute atomic E-state index is 0.262. The van der Waals surface area contributed by atoms with Crippen molar-refractivity contribution in [3.8, 4) is 0 Å². The molecule has 0 bridgehead atoms. The molecule has 0 aliphatic heterocycles. The predicted molar refractivity (Wildman–Crippen MR) is 79.5 cm³/mol. The van der Waals surface area contributed by atoms with Gasteiger partial charge in [0.1, 0.15) is 0 Å². The zero-order valence-corrected chi connectivity index (χ0v) is 13.2. The van der Waals surface area contributed by atoms with E-state index in [-0.39, 0.29) is 18.3 Å². The molecule has 0 atom stereocenters. The van der Waals surface area contributed by atoms with E-state index in [0.29, 0.717) is 23.0 Å². The van der Waals surface area contributed by atoms with E-state index in [4.69, 9.17) is 5.84 Å². The topological polar surface area (TPSA) is 126 Å². The van der Waals surface area contributed by atoms with E-state index >= 15 is 0 Å². The number of hydrogen-bond acceptors (Lipinski definition) is 6. The van der Waals surface area contributed by atoms with Crippen LogP contribution in [0, 0.1) is 0 Å². The number of nitrogens with zero attached hydrogens (tertiary/aromatic N) is 1. The smallest absolute Gasteiger partial charge is 0.255 e. The Morgan fingerprint density at radius 3 is 2.75 bits per heavy atom. The van der Waals surface area contributed by atoms with Gasteiger partial charge in [0, 0.05) is 23.8 Å². The lowest BCUT2D eigenvalue weighted by Crippen LogP contribution is -2.30. The Balaban J connectivity index is 2.49. The number of sulfonamides is 1. The van der Waals surface area contributed by atoms with E-state index in [9.17, 15) is 13.2 Å². The van der Waals surface area contributed by atoms with Crippen LogP contribution in [0.3, 0.4) is 0 Å². The first-order chi connectivity index (χ1) is 9.33. The molecule has 0 saturated carbocycles. The molecule has 0 fully saturated rings. The number of pyridine rings is 1. The van der Waals surface area contributed by atoms with Gasteiger partial charge in [-0.25, -0.2) is 24.0 Å². The number of hydrogen-bond donors (Lipinski definition) is 4. The normalized spacial score (nSPS) is 11.2. The third-order valence-electron chi connectivity index (χ3n) is 2.24. The molecule has 10 heteroatoms. The summed E-state index contributed by atoms with van der Waals surface area (Å²) < 4.78 is 24.7. The van der Waals surface area contributed by atoms with E-state index in [0.717, 1.165) is 6.26 Å². The number of rotatable bonds is 7. The lowest BCUT2D eigenvalue weighted by molar-refractivity contribution is 0.0954. The highest BCUT2D eigenvalue weighted by molar-refractivity contribution is 9.10. The molecule has 0 unspecified atom stereocenters. The second-order valence-corrected chi connectivity index (χ2v) is 6.72. The van der Waals surface area contributed by atoms with Crippen LogP contribution in [0.2, 0.25) is 0 Å². The molecular weight excluding hydrogens is 350 g/mol. The summed E-state index contributed by atoms with van der Waals surface area (Å²) in [6.45, 7) is 0.593. The largest absolute Gasteiger partial charge is 0.352 e. The van der Waals surface area contributed by atoms with Crippen LogP contribution in [-0.4, -0.2) is 38.7 Å². The minimum Gasteiger partial charge on any atom is -0.352 e. The molecule has 0 aliphatic carbocycles. The number of carbonyl (C=O) groups excluding carboxylic acids is 1. The van der Waals surface area contributed by atoms with Crippen molar-refractivity contribution in [2.45, 2.75) is 6.42 Å². The summed E-state index contributed by atoms with van der Waals surface area (Å²) in [6.07, 6.45) is 3.07. The first-order valence-corrected chi connectivity index (χ1v) is 8.37. The van der Waals surface area contributed by atoms with Crippen LogP contribution in [0.4, 0.5) is 5.82 Å². The van der Waals surface area contributed by atoms with E-state index in [1.165, 1.54) is 6.20 Å². The Kier molecular flexibility index (Phi) is 6.33. The number of nitrogens with one attached hydrogen (secondary N) is 3. The number of hydrazine groups is 1. The molecule has 0 spiro atoms. The maximum absolute atomic E-state index is 11.9. The quantitative estimate of drug-likeness (QED) is 0.301. The van der Waals surface area contributed by atoms with Crippen molar-refractivity contribution < 1.29 is 13.2 Å². The average Bonchev–Trinajstić information content (AvgIpc) is 2.36. The number of halogens is 1. The van der Waals surface area contributed by atoms with Gasteiger partial charge in [-0.3, -0.25) is 4.79 Å². The summed E-state index contributed by atoms with van der Waals surface area (Å²) in [5.74, 6) is 5.20. The monoisotopic (exact) mass is 365 g/mol. The summed E-state index contributed by atoms with van der Waals surface area (Å²) >= 11 is 3.22. The van der Waals surface area contributed by atoms with Crippen LogP contribution in [0.25, 0.3) is 0 Å². The Morgan fingerprint density at radius 1 is 1.45 bits per heavy atom. The van der Waals surface area contributed by atoms with Crippen molar-refractivity contribution >= 4 is 37.7 Å². The number of nitrogen functional groups attached to an aromatic ring is 1. The lowest BCUT2D eigenvalue weighted by Gasteiger charge is -2.09. The standard InChI is InChI=1S/C10H16BrN5O3S/c1-20(18,19)15-4-2-3-13-10(17)8-5-7(11)6-14-9(8)16-12/h5-6,15H,2-4,12H2,1H3,(H,13,17)(H,14,16). The molecule has 20 heavy (non-hydrogen) atoms. The van der Waals surface area contributed by atoms with Gasteiger partial charge in [-0.05, 0) is 28.4 Å². The van der Waals surface area contributed by atoms with Gasteiger partial charge < -0.3 is 10.7 Å². The molecule has 112 valence electrons. The second kappa shape index (κ2) is 7.53. The molecule has 8 nitrogen and oxygen atoms in total. The van der Waals surface area contributed by atoms with Gasteiger partial charge in [-0.2, -0.15) is 0 Å². The Bertz CT molecular complexity index is 578. The highest BCUT2D eigenvalue weighted by atomic mass is 79.9. The zero-order valence-electron chi connectivity index (χ0n) is 10.8. The third-order valence-corrected chi connectivity index (χ3v) is 3.40. The predicted octanol–water partition coefficient (Wildman–Crippen LogP) is -0.201. The molecular formula is C10H16BrN5O3S. The van der Waals surface area contributed by atoms with Gasteiger partial charge in [0.2, 0.25) is 10.0 Å². The fourth-order valence-corrected chi connectivity index (χ4v) is 2.22. The van der Waals surface area contributed by atoms with Crippen LogP contribution in [0.5, 0.6) is 0 Å². The van der Waals surface area contributed by atoms with Gasteiger partial charge in [0.25, 0.3) is 5.91 Å². The van der Waals surface area contributed by atoms with Crippen LogP contribution in [0.15, 0.2) is 16.7 Å². The van der Waals surface area contributed by atoms with Crippen LogP contribution in [0.1, 0.15) is 16.8 Å². The molecule has 0 aliphatic rings. The maximum Gasteiger partial charge on any atom is 0.255 e. The Morgan fingerprint density at radius 2 is 2.15 bits per heavy atom. The van der Waals surface area contributed by atoms with Crippen LogP contribution >= 0.6 is 15.9 Å². The Labute approximate surface area is 125 Å². The molecule has 0 saturated heterocycles. The first kappa shape index (κ1) is 16.8. The van der Waals surface area contributed by atoms with Crippen molar-refractivity contribution in [3.63, 3.8) is 0 Å². The highest BCUT2D eigenvalue weighted by Crippen LogP contribution is 2.16. The minimum atomic E-state index is -3.20. The summed E-state index contributed by atoms with van der Waals surface area (Å²) in [5.41, 5.74) is 2.64. The van der Waals surface area contributed by atoms with Gasteiger partial charge in [0.15, 0.2) is 5.82 Å². The van der Waals surface area contributed by atoms with Crippen molar-refractivity contribution in [3.05, 3.63) is 22.3 Å². The third kappa shape index (κ3) is 5.82. The van der Waals surface area contributed by atoms with E-state index in [2.05, 4.69) is 36.4 Å². The van der Waals surface area contributed by atoms with Crippen LogP contribution < -0.4 is 21.3 Å². The summed E-state index contributed by atoms with van der Waals surface area (Å²) in [4.78, 5) is 15.9. The molecule has 1 aromatic rings. The molecule has 0 aromatic carbocycles. The molecule has 1 rings (SSSR count). The van der Waals surface area contributed by atoms with Crippen molar-refractivity contribution in [2.75, 3.05) is 24.8 Å². The van der Waals surface area contributed by atoms with E-state index in [1.807, 2.05) is 0 Å². The van der Waals surface area contributed by atoms with E-state index < -0.39 is 10.0 Å². The summed E-state index contributed by atoms with van der Waals surface area (Å²) in [5, 5.41) is 2.66. The van der Waals surface area contributed by atoms with Crippen molar-refractivity contribution in [1.82, 2.24) is 15.0 Å². The zero-order chi connectivity index (χ0) is 15.2. The fourth-order valence-electron chi connectivity index (χ4n) is 1.37. The van der Waals surface area contributed by atoms with Gasteiger partial charge >= 0.3 is 0 Å². The highest BCUT2D eigenvalue weighted by Gasteiger charge is 2.12. The maximum atomic E-state index is 11.9. The van der Waals surface area contributed by atoms with Gasteiger partial charge in [-0.1, -0.05) is 0 Å². The average molecular weight is 366 g/mol. The number of aromatic nitrogens is 1. The number of anilines is 1. The SMILES string of the molecule is CS(=O)(=O)NCCCNC(=O)c1cc(Br)cnc1NN. The van der Waals surface area contributed by atoms with E-state index in [1.54, 1.807) is 6.07 Å². The van der Waals surface area contributed by atoms with Crippen LogP contribution in [-0.2, 0) is 10.0 Å². The second-order valence-electron chi connectivity index (χ2n) is 3.97. The molecule has 1 heterocycles. The number of carbonyl (C=O) groups is 1. The Hall–Kier alpha value is -1.23. The lowest BCUT2D eigenvalue weighted by atomic mass is 10.2. The van der Waals surface area contributed by atoms with Crippen molar-refractivity contribution in [1.29, 1.82) is 0 Å². The molecule has 5 N–H and O–H groups in total. The molecule has 1 amide bonds. The summed E-state index contributed by atoms with van der Waals surface area (Å²) in [6, 6.07) is 1.59. The number of nitrogens with two attached hydrogens (primary N) is 1. The first-order valence-electron chi connectivity index (χ1n) is 5.68. The van der Waals surface area contributed by atoms with Crippen molar-refractivity contribution in [2.24, 2.45) is 5.84 Å².